The van der Waals surface area contributed by atoms with Gasteiger partial charge in [0.15, 0.2) is 0 Å². The summed E-state index contributed by atoms with van der Waals surface area (Å²) in [4.78, 5) is 23.0. The van der Waals surface area contributed by atoms with Crippen LogP contribution in [0.15, 0.2) is 0 Å². The number of urea groups is 1. The highest BCUT2D eigenvalue weighted by atomic mass is 16.4. The number of rotatable bonds is 6. The fraction of sp³-hybridized carbons (Fsp3) is 0.867. The summed E-state index contributed by atoms with van der Waals surface area (Å²) in [5, 5.41) is 14.6. The molecule has 1 aliphatic carbocycles. The Kier molecular flexibility index (Phi) is 6.82. The van der Waals surface area contributed by atoms with Crippen molar-refractivity contribution in [3.63, 3.8) is 0 Å². The molecule has 0 aliphatic heterocycles. The summed E-state index contributed by atoms with van der Waals surface area (Å²) in [7, 11) is 0. The molecule has 0 spiro atoms. The third kappa shape index (κ3) is 5.80. The third-order valence-electron chi connectivity index (χ3n) is 4.07. The maximum absolute atomic E-state index is 11.9. The number of amides is 2. The zero-order valence-corrected chi connectivity index (χ0v) is 12.8. The topological polar surface area (TPSA) is 78.4 Å². The predicted molar refractivity (Wildman–Crippen MR) is 78.6 cm³/mol. The van der Waals surface area contributed by atoms with Gasteiger partial charge in [-0.3, -0.25) is 0 Å². The van der Waals surface area contributed by atoms with Gasteiger partial charge in [0.2, 0.25) is 0 Å². The zero-order chi connectivity index (χ0) is 15.1. The van der Waals surface area contributed by atoms with Crippen molar-refractivity contribution in [1.82, 2.24) is 10.6 Å². The number of carboxylic acid groups (broad SMARTS) is 1. The first-order valence-electron chi connectivity index (χ1n) is 7.72. The van der Waals surface area contributed by atoms with E-state index < -0.39 is 12.0 Å². The van der Waals surface area contributed by atoms with Crippen LogP contribution in [0.2, 0.25) is 0 Å². The van der Waals surface area contributed by atoms with E-state index in [1.54, 1.807) is 0 Å². The van der Waals surface area contributed by atoms with Gasteiger partial charge in [0, 0.05) is 6.04 Å². The van der Waals surface area contributed by atoms with E-state index in [1.807, 2.05) is 13.8 Å². The number of nitrogens with one attached hydrogen (secondary N) is 2. The molecule has 1 fully saturated rings. The number of carbonyl (C=O) groups is 2. The Bertz CT molecular complexity index is 323. The highest BCUT2D eigenvalue weighted by molar-refractivity contribution is 5.82. The molecule has 0 aromatic heterocycles. The summed E-state index contributed by atoms with van der Waals surface area (Å²) in [6.07, 6.45) is 5.94. The average Bonchev–Trinajstić information content (AvgIpc) is 2.38. The highest BCUT2D eigenvalue weighted by Crippen LogP contribution is 2.26. The van der Waals surface area contributed by atoms with E-state index in [2.05, 4.69) is 17.6 Å². The molecular weight excluding hydrogens is 256 g/mol. The lowest BCUT2D eigenvalue weighted by molar-refractivity contribution is -0.139. The summed E-state index contributed by atoms with van der Waals surface area (Å²) >= 11 is 0. The number of carboxylic acids is 1. The van der Waals surface area contributed by atoms with Crippen molar-refractivity contribution >= 4 is 12.0 Å². The van der Waals surface area contributed by atoms with Crippen molar-refractivity contribution in [2.24, 2.45) is 11.8 Å². The second-order valence-corrected chi connectivity index (χ2v) is 6.26. The zero-order valence-electron chi connectivity index (χ0n) is 12.8. The first-order valence-corrected chi connectivity index (χ1v) is 7.72. The Hall–Kier alpha value is -1.26. The molecule has 5 heteroatoms. The quantitative estimate of drug-likeness (QED) is 0.701. The van der Waals surface area contributed by atoms with Crippen molar-refractivity contribution in [1.29, 1.82) is 0 Å². The lowest BCUT2D eigenvalue weighted by atomic mass is 9.84. The summed E-state index contributed by atoms with van der Waals surface area (Å²) in [6, 6.07) is -0.966. The number of hydrogen-bond acceptors (Lipinski definition) is 2. The van der Waals surface area contributed by atoms with Crippen molar-refractivity contribution < 1.29 is 14.7 Å². The van der Waals surface area contributed by atoms with Gasteiger partial charge in [0.1, 0.15) is 6.04 Å². The lowest BCUT2D eigenvalue weighted by Crippen LogP contribution is -2.50. The van der Waals surface area contributed by atoms with Crippen LogP contribution >= 0.6 is 0 Å². The van der Waals surface area contributed by atoms with Crippen LogP contribution in [0.25, 0.3) is 0 Å². The Morgan fingerprint density at radius 1 is 1.20 bits per heavy atom. The van der Waals surface area contributed by atoms with Gasteiger partial charge in [0.25, 0.3) is 0 Å². The Morgan fingerprint density at radius 2 is 1.80 bits per heavy atom. The Morgan fingerprint density at radius 3 is 2.25 bits per heavy atom. The predicted octanol–water partition coefficient (Wildman–Crippen LogP) is 2.75. The Labute approximate surface area is 121 Å². The van der Waals surface area contributed by atoms with Crippen LogP contribution in [0.5, 0.6) is 0 Å². The minimum Gasteiger partial charge on any atom is -0.480 e. The maximum atomic E-state index is 11.9. The fourth-order valence-electron chi connectivity index (χ4n) is 2.79. The largest absolute Gasteiger partial charge is 0.480 e. The van der Waals surface area contributed by atoms with Gasteiger partial charge in [-0.25, -0.2) is 9.59 Å². The fourth-order valence-corrected chi connectivity index (χ4v) is 2.79. The van der Waals surface area contributed by atoms with Crippen molar-refractivity contribution in [2.45, 2.75) is 71.4 Å². The molecule has 0 aromatic carbocycles. The van der Waals surface area contributed by atoms with E-state index in [0.29, 0.717) is 6.42 Å². The van der Waals surface area contributed by atoms with Gasteiger partial charge in [0.05, 0.1) is 0 Å². The van der Waals surface area contributed by atoms with Gasteiger partial charge in [-0.15, -0.1) is 0 Å². The molecule has 0 radical (unpaired) electrons. The monoisotopic (exact) mass is 284 g/mol. The normalized spacial score (nSPS) is 24.2. The van der Waals surface area contributed by atoms with Crippen LogP contribution in [-0.4, -0.2) is 29.2 Å². The van der Waals surface area contributed by atoms with E-state index in [4.69, 9.17) is 5.11 Å². The van der Waals surface area contributed by atoms with Gasteiger partial charge in [-0.2, -0.15) is 0 Å². The second-order valence-electron chi connectivity index (χ2n) is 6.26. The summed E-state index contributed by atoms with van der Waals surface area (Å²) < 4.78 is 0. The summed E-state index contributed by atoms with van der Waals surface area (Å²) in [6.45, 7) is 6.09. The standard InChI is InChI=1S/C15H28N2O3/c1-4-11-5-7-12(8-6-11)16-15(20)17-13(14(18)19)9-10(2)3/h10-13H,4-9H2,1-3H3,(H,18,19)(H2,16,17,20). The molecule has 0 bridgehead atoms. The minimum absolute atomic E-state index is 0.186. The SMILES string of the molecule is CCC1CCC(NC(=O)NC(CC(C)C)C(=O)O)CC1. The van der Waals surface area contributed by atoms with Crippen LogP contribution in [0.4, 0.5) is 4.79 Å². The van der Waals surface area contributed by atoms with E-state index in [0.717, 1.165) is 31.6 Å². The number of carbonyl (C=O) groups excluding carboxylic acids is 1. The first kappa shape index (κ1) is 16.8. The molecule has 1 aliphatic rings. The minimum atomic E-state index is -0.969. The molecule has 116 valence electrons. The molecule has 5 nitrogen and oxygen atoms in total. The maximum Gasteiger partial charge on any atom is 0.326 e. The molecule has 0 heterocycles. The van der Waals surface area contributed by atoms with Crippen LogP contribution in [0, 0.1) is 11.8 Å². The molecule has 20 heavy (non-hydrogen) atoms. The van der Waals surface area contributed by atoms with E-state index in [1.165, 1.54) is 6.42 Å². The van der Waals surface area contributed by atoms with Gasteiger partial charge >= 0.3 is 12.0 Å². The van der Waals surface area contributed by atoms with Crippen LogP contribution in [0.1, 0.15) is 59.3 Å². The van der Waals surface area contributed by atoms with E-state index in [-0.39, 0.29) is 18.0 Å². The van der Waals surface area contributed by atoms with Gasteiger partial charge in [-0.05, 0) is 43.9 Å². The van der Waals surface area contributed by atoms with Gasteiger partial charge in [-0.1, -0.05) is 27.2 Å². The molecule has 1 unspecified atom stereocenters. The number of aliphatic carboxylic acids is 1. The average molecular weight is 284 g/mol. The molecule has 3 N–H and O–H groups in total. The third-order valence-corrected chi connectivity index (χ3v) is 4.07. The van der Waals surface area contributed by atoms with Crippen molar-refractivity contribution in [3.05, 3.63) is 0 Å². The molecule has 0 saturated heterocycles. The molecule has 0 aromatic rings. The summed E-state index contributed by atoms with van der Waals surface area (Å²) in [5.41, 5.74) is 0. The number of hydrogen-bond donors (Lipinski definition) is 3. The van der Waals surface area contributed by atoms with Crippen LogP contribution in [-0.2, 0) is 4.79 Å². The van der Waals surface area contributed by atoms with E-state index >= 15 is 0 Å². The molecular formula is C15H28N2O3. The highest BCUT2D eigenvalue weighted by Gasteiger charge is 2.24. The molecule has 2 amide bonds. The summed E-state index contributed by atoms with van der Waals surface area (Å²) in [5.74, 6) is 0.0451. The van der Waals surface area contributed by atoms with Crippen molar-refractivity contribution in [2.75, 3.05) is 0 Å². The van der Waals surface area contributed by atoms with E-state index in [9.17, 15) is 9.59 Å². The van der Waals surface area contributed by atoms with Crippen LogP contribution in [0.3, 0.4) is 0 Å². The lowest BCUT2D eigenvalue weighted by Gasteiger charge is -2.29. The van der Waals surface area contributed by atoms with Crippen molar-refractivity contribution in [3.8, 4) is 0 Å². The first-order chi connectivity index (χ1) is 9.42. The second kappa shape index (κ2) is 8.12. The Balaban J connectivity index is 2.36. The smallest absolute Gasteiger partial charge is 0.326 e. The molecule has 1 atom stereocenters. The van der Waals surface area contributed by atoms with Crippen LogP contribution < -0.4 is 10.6 Å². The molecule has 1 saturated carbocycles. The van der Waals surface area contributed by atoms with Gasteiger partial charge < -0.3 is 15.7 Å². The molecule has 1 rings (SSSR count).